The van der Waals surface area contributed by atoms with E-state index in [-0.39, 0.29) is 11.7 Å². The Morgan fingerprint density at radius 3 is 2.57 bits per heavy atom. The van der Waals surface area contributed by atoms with Crippen molar-refractivity contribution in [2.45, 2.75) is 39.2 Å². The van der Waals surface area contributed by atoms with Gasteiger partial charge in [-0.1, -0.05) is 19.1 Å². The number of nitrogens with two attached hydrogens (primary N) is 1. The van der Waals surface area contributed by atoms with E-state index in [0.717, 1.165) is 13.0 Å². The Hall–Kier alpha value is -1.62. The first kappa shape index (κ1) is 17.4. The molecule has 0 fully saturated rings. The minimum Gasteiger partial charge on any atom is -0.369 e. The van der Waals surface area contributed by atoms with E-state index in [2.05, 4.69) is 5.32 Å². The molecule has 1 amide bonds. The Morgan fingerprint density at radius 2 is 2.05 bits per heavy atom. The zero-order valence-electron chi connectivity index (χ0n) is 13.2. The number of hydrogen-bond donors (Lipinski definition) is 2. The monoisotopic (exact) mass is 295 g/mol. The van der Waals surface area contributed by atoms with E-state index in [1.165, 1.54) is 6.07 Å². The maximum absolute atomic E-state index is 13.9. The lowest BCUT2D eigenvalue weighted by atomic mass is 9.96. The predicted octanol–water partition coefficient (Wildman–Crippen LogP) is 2.29. The van der Waals surface area contributed by atoms with Gasteiger partial charge in [0.1, 0.15) is 5.82 Å². The number of nitrogens with zero attached hydrogens (tertiary/aromatic N) is 1. The number of carbonyl (C=O) groups is 1. The van der Waals surface area contributed by atoms with Crippen molar-refractivity contribution in [3.8, 4) is 0 Å². The first-order valence-corrected chi connectivity index (χ1v) is 7.49. The highest BCUT2D eigenvalue weighted by Crippen LogP contribution is 2.20. The van der Waals surface area contributed by atoms with Crippen LogP contribution in [0.1, 0.15) is 33.6 Å². The van der Waals surface area contributed by atoms with Crippen LogP contribution in [0.25, 0.3) is 0 Å². The van der Waals surface area contributed by atoms with Gasteiger partial charge in [-0.3, -0.25) is 4.79 Å². The number of nitrogens with one attached hydrogen (secondary N) is 1. The van der Waals surface area contributed by atoms with Crippen LogP contribution in [0, 0.1) is 5.82 Å². The largest absolute Gasteiger partial charge is 0.369 e. The SMILES string of the molecule is CCCNC(C)(CCN(CC)c1ccccc1F)C(N)=O. The summed E-state index contributed by atoms with van der Waals surface area (Å²) in [7, 11) is 0. The number of amides is 1. The van der Waals surface area contributed by atoms with Crippen LogP contribution in [0.2, 0.25) is 0 Å². The van der Waals surface area contributed by atoms with E-state index >= 15 is 0 Å². The number of halogens is 1. The molecule has 0 aliphatic rings. The fraction of sp³-hybridized carbons (Fsp3) is 0.562. The van der Waals surface area contributed by atoms with Gasteiger partial charge in [-0.05, 0) is 45.4 Å². The molecule has 0 saturated heterocycles. The molecule has 1 atom stereocenters. The molecule has 1 unspecified atom stereocenters. The van der Waals surface area contributed by atoms with Crippen molar-refractivity contribution in [3.63, 3.8) is 0 Å². The van der Waals surface area contributed by atoms with Gasteiger partial charge in [0.05, 0.1) is 11.2 Å². The molecule has 21 heavy (non-hydrogen) atoms. The first-order valence-electron chi connectivity index (χ1n) is 7.49. The van der Waals surface area contributed by atoms with Crippen LogP contribution in [0.5, 0.6) is 0 Å². The van der Waals surface area contributed by atoms with Crippen LogP contribution < -0.4 is 16.0 Å². The summed E-state index contributed by atoms with van der Waals surface area (Å²) in [6.45, 7) is 7.77. The van der Waals surface area contributed by atoms with E-state index in [0.29, 0.717) is 25.2 Å². The van der Waals surface area contributed by atoms with Gasteiger partial charge in [0, 0.05) is 13.1 Å². The molecule has 0 aromatic heterocycles. The second-order valence-corrected chi connectivity index (χ2v) is 5.40. The summed E-state index contributed by atoms with van der Waals surface area (Å²) in [5, 5.41) is 3.20. The van der Waals surface area contributed by atoms with Gasteiger partial charge in [0.25, 0.3) is 0 Å². The van der Waals surface area contributed by atoms with Crippen molar-refractivity contribution in [2.75, 3.05) is 24.5 Å². The Kier molecular flexibility index (Phi) is 6.62. The molecule has 0 radical (unpaired) electrons. The van der Waals surface area contributed by atoms with Crippen LogP contribution in [0.4, 0.5) is 10.1 Å². The van der Waals surface area contributed by atoms with Gasteiger partial charge < -0.3 is 16.0 Å². The summed E-state index contributed by atoms with van der Waals surface area (Å²) < 4.78 is 13.9. The third kappa shape index (κ3) is 4.70. The van der Waals surface area contributed by atoms with Crippen LogP contribution in [0.3, 0.4) is 0 Å². The molecular formula is C16H26FN3O. The van der Waals surface area contributed by atoms with E-state index in [9.17, 15) is 9.18 Å². The number of rotatable bonds is 9. The molecule has 1 rings (SSSR count). The van der Waals surface area contributed by atoms with Gasteiger partial charge in [0.15, 0.2) is 0 Å². The highest BCUT2D eigenvalue weighted by Gasteiger charge is 2.30. The molecule has 5 heteroatoms. The lowest BCUT2D eigenvalue weighted by molar-refractivity contribution is -0.124. The van der Waals surface area contributed by atoms with Gasteiger partial charge in [-0.25, -0.2) is 4.39 Å². The highest BCUT2D eigenvalue weighted by atomic mass is 19.1. The first-order chi connectivity index (χ1) is 9.94. The minimum atomic E-state index is -0.769. The molecule has 0 aliphatic heterocycles. The highest BCUT2D eigenvalue weighted by molar-refractivity contribution is 5.84. The van der Waals surface area contributed by atoms with Crippen molar-refractivity contribution in [1.82, 2.24) is 5.32 Å². The second kappa shape index (κ2) is 7.98. The molecule has 3 N–H and O–H groups in total. The molecule has 1 aromatic rings. The summed E-state index contributed by atoms with van der Waals surface area (Å²) in [5.41, 5.74) is 5.30. The molecule has 0 bridgehead atoms. The van der Waals surface area contributed by atoms with Gasteiger partial charge >= 0.3 is 0 Å². The lowest BCUT2D eigenvalue weighted by Crippen LogP contribution is -2.54. The van der Waals surface area contributed by atoms with E-state index in [1.807, 2.05) is 24.8 Å². The maximum Gasteiger partial charge on any atom is 0.237 e. The van der Waals surface area contributed by atoms with Crippen LogP contribution >= 0.6 is 0 Å². The van der Waals surface area contributed by atoms with Crippen molar-refractivity contribution < 1.29 is 9.18 Å². The Balaban J connectivity index is 2.77. The Morgan fingerprint density at radius 1 is 1.38 bits per heavy atom. The van der Waals surface area contributed by atoms with Crippen LogP contribution in [-0.4, -0.2) is 31.1 Å². The molecule has 118 valence electrons. The van der Waals surface area contributed by atoms with E-state index < -0.39 is 5.54 Å². The molecule has 1 aromatic carbocycles. The van der Waals surface area contributed by atoms with Gasteiger partial charge in [0.2, 0.25) is 5.91 Å². The summed E-state index contributed by atoms with van der Waals surface area (Å²) >= 11 is 0. The lowest BCUT2D eigenvalue weighted by Gasteiger charge is -2.31. The number of benzene rings is 1. The normalized spacial score (nSPS) is 13.7. The molecule has 4 nitrogen and oxygen atoms in total. The average molecular weight is 295 g/mol. The van der Waals surface area contributed by atoms with Crippen molar-refractivity contribution in [3.05, 3.63) is 30.1 Å². The fourth-order valence-corrected chi connectivity index (χ4v) is 2.22. The van der Waals surface area contributed by atoms with Crippen LogP contribution in [-0.2, 0) is 4.79 Å². The Bertz CT molecular complexity index is 467. The predicted molar refractivity (Wildman–Crippen MR) is 84.8 cm³/mol. The van der Waals surface area contributed by atoms with E-state index in [4.69, 9.17) is 5.73 Å². The fourth-order valence-electron chi connectivity index (χ4n) is 2.22. The number of para-hydroxylation sites is 1. The van der Waals surface area contributed by atoms with Gasteiger partial charge in [-0.2, -0.15) is 0 Å². The summed E-state index contributed by atoms with van der Waals surface area (Å²) in [6.07, 6.45) is 1.46. The van der Waals surface area contributed by atoms with Crippen molar-refractivity contribution in [1.29, 1.82) is 0 Å². The average Bonchev–Trinajstić information content (AvgIpc) is 2.47. The molecule has 0 heterocycles. The summed E-state index contributed by atoms with van der Waals surface area (Å²) in [5.74, 6) is -0.623. The standard InChI is InChI=1S/C16H26FN3O/c1-4-11-19-16(3,15(18)21)10-12-20(5-2)14-9-7-6-8-13(14)17/h6-9,19H,4-5,10-12H2,1-3H3,(H2,18,21). The van der Waals surface area contributed by atoms with Crippen molar-refractivity contribution in [2.24, 2.45) is 5.73 Å². The molecular weight excluding hydrogens is 269 g/mol. The number of hydrogen-bond acceptors (Lipinski definition) is 3. The maximum atomic E-state index is 13.9. The third-order valence-electron chi connectivity index (χ3n) is 3.77. The minimum absolute atomic E-state index is 0.248. The quantitative estimate of drug-likeness (QED) is 0.735. The molecule has 0 saturated carbocycles. The number of primary amides is 1. The summed E-state index contributed by atoms with van der Waals surface area (Å²) in [6, 6.07) is 6.67. The van der Waals surface area contributed by atoms with Crippen LogP contribution in [0.15, 0.2) is 24.3 Å². The smallest absolute Gasteiger partial charge is 0.237 e. The number of carbonyl (C=O) groups excluding carboxylic acids is 1. The third-order valence-corrected chi connectivity index (χ3v) is 3.77. The molecule has 0 spiro atoms. The van der Waals surface area contributed by atoms with Gasteiger partial charge in [-0.15, -0.1) is 0 Å². The summed E-state index contributed by atoms with van der Waals surface area (Å²) in [4.78, 5) is 13.6. The number of anilines is 1. The topological polar surface area (TPSA) is 58.4 Å². The molecule has 0 aliphatic carbocycles. The zero-order chi connectivity index (χ0) is 15.9. The Labute approximate surface area is 126 Å². The second-order valence-electron chi connectivity index (χ2n) is 5.40. The van der Waals surface area contributed by atoms with Crippen molar-refractivity contribution >= 4 is 11.6 Å². The zero-order valence-corrected chi connectivity index (χ0v) is 13.2. The van der Waals surface area contributed by atoms with E-state index in [1.54, 1.807) is 19.1 Å².